The van der Waals surface area contributed by atoms with Crippen LogP contribution in [-0.2, 0) is 14.3 Å². The summed E-state index contributed by atoms with van der Waals surface area (Å²) >= 11 is 0. The quantitative estimate of drug-likeness (QED) is 0.580. The predicted molar refractivity (Wildman–Crippen MR) is 62.2 cm³/mol. The monoisotopic (exact) mass is 227 g/mol. The maximum absolute atomic E-state index is 11.9. The van der Waals surface area contributed by atoms with E-state index in [0.29, 0.717) is 26.0 Å². The zero-order chi connectivity index (χ0) is 12.2. The molecule has 0 bridgehead atoms. The molecule has 0 saturated carbocycles. The molecule has 1 heterocycles. The van der Waals surface area contributed by atoms with E-state index < -0.39 is 5.54 Å². The Morgan fingerprint density at radius 2 is 2.31 bits per heavy atom. The van der Waals surface area contributed by atoms with Gasteiger partial charge in [0.15, 0.2) is 0 Å². The maximum atomic E-state index is 11.9. The van der Waals surface area contributed by atoms with Crippen LogP contribution in [-0.4, -0.2) is 37.4 Å². The van der Waals surface area contributed by atoms with Crippen molar-refractivity contribution in [3.8, 4) is 0 Å². The second-order valence-electron chi connectivity index (χ2n) is 4.78. The van der Waals surface area contributed by atoms with E-state index in [9.17, 15) is 4.79 Å². The third-order valence-corrected chi connectivity index (χ3v) is 2.91. The van der Waals surface area contributed by atoms with E-state index in [2.05, 4.69) is 11.9 Å². The highest BCUT2D eigenvalue weighted by Gasteiger charge is 2.46. The molecule has 0 radical (unpaired) electrons. The molecule has 1 fully saturated rings. The Bertz CT molecular complexity index is 275. The van der Waals surface area contributed by atoms with Crippen molar-refractivity contribution in [1.29, 1.82) is 0 Å². The molecule has 1 N–H and O–H groups in total. The van der Waals surface area contributed by atoms with Crippen LogP contribution >= 0.6 is 0 Å². The van der Waals surface area contributed by atoms with Crippen molar-refractivity contribution in [2.24, 2.45) is 0 Å². The zero-order valence-electron chi connectivity index (χ0n) is 10.3. The highest BCUT2D eigenvalue weighted by atomic mass is 16.5. The summed E-state index contributed by atoms with van der Waals surface area (Å²) in [7, 11) is 1.42. The largest absolute Gasteiger partial charge is 0.468 e. The third-order valence-electron chi connectivity index (χ3n) is 2.91. The normalized spacial score (nSPS) is 28.4. The van der Waals surface area contributed by atoms with Gasteiger partial charge in [0.25, 0.3) is 0 Å². The number of ether oxygens (including phenoxy) is 2. The fourth-order valence-electron chi connectivity index (χ4n) is 2.23. The van der Waals surface area contributed by atoms with Gasteiger partial charge in [0.2, 0.25) is 0 Å². The Morgan fingerprint density at radius 3 is 2.81 bits per heavy atom. The molecular formula is C12H21NO3. The summed E-state index contributed by atoms with van der Waals surface area (Å²) in [5.41, 5.74) is -0.939. The minimum atomic E-state index is -0.634. The number of methoxy groups -OCH3 is 1. The van der Waals surface area contributed by atoms with Crippen molar-refractivity contribution in [2.45, 2.75) is 37.8 Å². The molecule has 4 nitrogen and oxygen atoms in total. The molecule has 0 aromatic heterocycles. The summed E-state index contributed by atoms with van der Waals surface area (Å²) in [6.07, 6.45) is 2.99. The fraction of sp³-hybridized carbons (Fsp3) is 0.750. The maximum Gasteiger partial charge on any atom is 0.326 e. The van der Waals surface area contributed by atoms with Gasteiger partial charge >= 0.3 is 5.97 Å². The van der Waals surface area contributed by atoms with Crippen molar-refractivity contribution in [3.63, 3.8) is 0 Å². The highest BCUT2D eigenvalue weighted by Crippen LogP contribution is 2.32. The molecule has 1 rings (SSSR count). The first kappa shape index (κ1) is 13.2. The van der Waals surface area contributed by atoms with Gasteiger partial charge in [-0.3, -0.25) is 10.1 Å². The Kier molecular flexibility index (Phi) is 4.10. The average molecular weight is 227 g/mol. The Balaban J connectivity index is 2.85. The summed E-state index contributed by atoms with van der Waals surface area (Å²) in [5, 5.41) is 3.22. The molecule has 0 aromatic carbocycles. The van der Waals surface area contributed by atoms with Gasteiger partial charge in [-0.1, -0.05) is 6.08 Å². The minimum absolute atomic E-state index is 0.217. The van der Waals surface area contributed by atoms with Gasteiger partial charge in [-0.05, 0) is 20.3 Å². The standard InChI is InChI=1S/C12H21NO3/c1-5-7-13-12(10(14)15-4)6-8-16-11(2,3)9-12/h5,13H,1,6-9H2,2-4H3. The van der Waals surface area contributed by atoms with Crippen LogP contribution in [0.3, 0.4) is 0 Å². The van der Waals surface area contributed by atoms with E-state index in [0.717, 1.165) is 0 Å². The number of rotatable bonds is 4. The lowest BCUT2D eigenvalue weighted by atomic mass is 9.81. The van der Waals surface area contributed by atoms with Crippen molar-refractivity contribution in [2.75, 3.05) is 20.3 Å². The Morgan fingerprint density at radius 1 is 1.62 bits per heavy atom. The summed E-state index contributed by atoms with van der Waals surface area (Å²) in [6, 6.07) is 0. The lowest BCUT2D eigenvalue weighted by Gasteiger charge is -2.43. The number of nitrogens with one attached hydrogen (secondary N) is 1. The number of hydrogen-bond acceptors (Lipinski definition) is 4. The molecule has 1 atom stereocenters. The van der Waals surface area contributed by atoms with E-state index >= 15 is 0 Å². The first-order valence-electron chi connectivity index (χ1n) is 5.54. The molecule has 1 unspecified atom stereocenters. The highest BCUT2D eigenvalue weighted by molar-refractivity contribution is 5.81. The van der Waals surface area contributed by atoms with E-state index in [-0.39, 0.29) is 11.6 Å². The van der Waals surface area contributed by atoms with Gasteiger partial charge in [0, 0.05) is 19.6 Å². The molecule has 1 saturated heterocycles. The molecular weight excluding hydrogens is 206 g/mol. The van der Waals surface area contributed by atoms with E-state index in [1.807, 2.05) is 13.8 Å². The predicted octanol–water partition coefficient (Wildman–Crippen LogP) is 1.26. The number of esters is 1. The summed E-state index contributed by atoms with van der Waals surface area (Å²) in [5.74, 6) is -0.217. The molecule has 0 amide bonds. The molecule has 0 spiro atoms. The average Bonchev–Trinajstić information content (AvgIpc) is 2.24. The number of carbonyl (C=O) groups is 1. The summed E-state index contributed by atoms with van der Waals surface area (Å²) in [4.78, 5) is 11.9. The van der Waals surface area contributed by atoms with Crippen LogP contribution in [0.1, 0.15) is 26.7 Å². The molecule has 16 heavy (non-hydrogen) atoms. The Hall–Kier alpha value is -0.870. The smallest absolute Gasteiger partial charge is 0.326 e. The van der Waals surface area contributed by atoms with Gasteiger partial charge in [-0.15, -0.1) is 6.58 Å². The summed E-state index contributed by atoms with van der Waals surface area (Å²) in [6.45, 7) is 8.77. The summed E-state index contributed by atoms with van der Waals surface area (Å²) < 4.78 is 10.5. The third kappa shape index (κ3) is 2.83. The SMILES string of the molecule is C=CCNC1(C(=O)OC)CCOC(C)(C)C1. The second kappa shape index (κ2) is 4.97. The molecule has 4 heteroatoms. The van der Waals surface area contributed by atoms with Crippen LogP contribution in [0.2, 0.25) is 0 Å². The van der Waals surface area contributed by atoms with Crippen LogP contribution in [0.5, 0.6) is 0 Å². The van der Waals surface area contributed by atoms with E-state index in [1.165, 1.54) is 7.11 Å². The lowest BCUT2D eigenvalue weighted by molar-refractivity contribution is -0.161. The first-order chi connectivity index (χ1) is 7.46. The van der Waals surface area contributed by atoms with Gasteiger partial charge in [-0.2, -0.15) is 0 Å². The van der Waals surface area contributed by atoms with Crippen LogP contribution in [0.25, 0.3) is 0 Å². The van der Waals surface area contributed by atoms with Crippen LogP contribution in [0, 0.1) is 0 Å². The van der Waals surface area contributed by atoms with Crippen molar-refractivity contribution >= 4 is 5.97 Å². The van der Waals surface area contributed by atoms with Gasteiger partial charge in [0.05, 0.1) is 12.7 Å². The molecule has 1 aliphatic rings. The van der Waals surface area contributed by atoms with Gasteiger partial charge < -0.3 is 9.47 Å². The first-order valence-corrected chi connectivity index (χ1v) is 5.54. The lowest BCUT2D eigenvalue weighted by Crippen LogP contribution is -2.60. The van der Waals surface area contributed by atoms with Crippen molar-refractivity contribution in [1.82, 2.24) is 5.32 Å². The topological polar surface area (TPSA) is 47.6 Å². The van der Waals surface area contributed by atoms with Gasteiger partial charge in [-0.25, -0.2) is 0 Å². The molecule has 1 aliphatic heterocycles. The molecule has 92 valence electrons. The molecule has 0 aliphatic carbocycles. The van der Waals surface area contributed by atoms with Crippen molar-refractivity contribution < 1.29 is 14.3 Å². The van der Waals surface area contributed by atoms with Crippen LogP contribution in [0.15, 0.2) is 12.7 Å². The van der Waals surface area contributed by atoms with Crippen LogP contribution in [0.4, 0.5) is 0 Å². The van der Waals surface area contributed by atoms with E-state index in [1.54, 1.807) is 6.08 Å². The van der Waals surface area contributed by atoms with Crippen LogP contribution < -0.4 is 5.32 Å². The number of hydrogen-bond donors (Lipinski definition) is 1. The fourth-order valence-corrected chi connectivity index (χ4v) is 2.23. The Labute approximate surface area is 97.0 Å². The second-order valence-corrected chi connectivity index (χ2v) is 4.78. The van der Waals surface area contributed by atoms with Gasteiger partial charge in [0.1, 0.15) is 5.54 Å². The van der Waals surface area contributed by atoms with Crippen molar-refractivity contribution in [3.05, 3.63) is 12.7 Å². The zero-order valence-corrected chi connectivity index (χ0v) is 10.3. The molecule has 0 aromatic rings. The van der Waals surface area contributed by atoms with E-state index in [4.69, 9.17) is 9.47 Å². The number of carbonyl (C=O) groups excluding carboxylic acids is 1. The minimum Gasteiger partial charge on any atom is -0.468 e.